The molecule has 1 saturated heterocycles. The zero-order valence-corrected chi connectivity index (χ0v) is 8.49. The van der Waals surface area contributed by atoms with Gasteiger partial charge in [0.2, 0.25) is 0 Å². The Morgan fingerprint density at radius 2 is 2.33 bits per heavy atom. The van der Waals surface area contributed by atoms with Gasteiger partial charge >= 0.3 is 6.09 Å². The summed E-state index contributed by atoms with van der Waals surface area (Å²) in [4.78, 5) is 11.1. The van der Waals surface area contributed by atoms with E-state index < -0.39 is 0 Å². The van der Waals surface area contributed by atoms with E-state index in [1.54, 1.807) is 0 Å². The standard InChI is InChI=1S/C10H13N3O2/c1-8-3-2-4-9(7-8)11-12-13-5-6-15-10(13)14/h2-4,7,11-12H,5-6H2,1H3. The molecule has 0 radical (unpaired) electrons. The Morgan fingerprint density at radius 3 is 3.00 bits per heavy atom. The number of carbonyl (C=O) groups is 1. The Bertz CT molecular complexity index is 367. The quantitative estimate of drug-likeness (QED) is 0.733. The summed E-state index contributed by atoms with van der Waals surface area (Å²) >= 11 is 0. The predicted octanol–water partition coefficient (Wildman–Crippen LogP) is 1.28. The molecule has 1 amide bonds. The smallest absolute Gasteiger partial charge is 0.425 e. The predicted molar refractivity (Wildman–Crippen MR) is 56.0 cm³/mol. The van der Waals surface area contributed by atoms with Crippen molar-refractivity contribution in [1.82, 2.24) is 10.5 Å². The van der Waals surface area contributed by atoms with Gasteiger partial charge in [0.05, 0.1) is 12.2 Å². The fraction of sp³-hybridized carbons (Fsp3) is 0.300. The third kappa shape index (κ3) is 2.38. The maximum absolute atomic E-state index is 11.1. The van der Waals surface area contributed by atoms with Gasteiger partial charge in [-0.1, -0.05) is 12.1 Å². The van der Waals surface area contributed by atoms with Crippen LogP contribution in [0.15, 0.2) is 24.3 Å². The topological polar surface area (TPSA) is 53.6 Å². The highest BCUT2D eigenvalue weighted by atomic mass is 16.6. The number of amides is 1. The van der Waals surface area contributed by atoms with E-state index in [-0.39, 0.29) is 6.09 Å². The van der Waals surface area contributed by atoms with Crippen LogP contribution in [0, 0.1) is 6.92 Å². The summed E-state index contributed by atoms with van der Waals surface area (Å²) in [7, 11) is 0. The highest BCUT2D eigenvalue weighted by Crippen LogP contribution is 2.08. The van der Waals surface area contributed by atoms with Crippen molar-refractivity contribution < 1.29 is 9.53 Å². The summed E-state index contributed by atoms with van der Waals surface area (Å²) < 4.78 is 4.76. The van der Waals surface area contributed by atoms with Crippen LogP contribution in [0.3, 0.4) is 0 Å². The number of anilines is 1. The van der Waals surface area contributed by atoms with Crippen LogP contribution in [0.1, 0.15) is 5.56 Å². The molecule has 0 aliphatic carbocycles. The van der Waals surface area contributed by atoms with Gasteiger partial charge in [-0.3, -0.25) is 0 Å². The number of nitrogens with zero attached hydrogens (tertiary/aromatic N) is 1. The largest absolute Gasteiger partial charge is 0.446 e. The average molecular weight is 207 g/mol. The van der Waals surface area contributed by atoms with Gasteiger partial charge in [0.15, 0.2) is 0 Å². The molecule has 0 bridgehead atoms. The van der Waals surface area contributed by atoms with Gasteiger partial charge in [-0.2, -0.15) is 0 Å². The molecule has 5 heteroatoms. The lowest BCUT2D eigenvalue weighted by Gasteiger charge is -2.15. The zero-order valence-electron chi connectivity index (χ0n) is 8.49. The molecule has 1 fully saturated rings. The number of hydrogen-bond acceptors (Lipinski definition) is 4. The molecule has 5 nitrogen and oxygen atoms in total. The number of ether oxygens (including phenoxy) is 1. The molecule has 1 aliphatic rings. The molecule has 2 N–H and O–H groups in total. The average Bonchev–Trinajstić information content (AvgIpc) is 2.61. The van der Waals surface area contributed by atoms with Crippen LogP contribution >= 0.6 is 0 Å². The molecule has 0 atom stereocenters. The lowest BCUT2D eigenvalue weighted by molar-refractivity contribution is 0.149. The Hall–Kier alpha value is -1.75. The minimum atomic E-state index is -0.352. The maximum Gasteiger partial charge on any atom is 0.425 e. The summed E-state index contributed by atoms with van der Waals surface area (Å²) in [5, 5.41) is 1.39. The fourth-order valence-corrected chi connectivity index (χ4v) is 1.35. The first-order valence-corrected chi connectivity index (χ1v) is 4.78. The highest BCUT2D eigenvalue weighted by molar-refractivity contribution is 5.68. The van der Waals surface area contributed by atoms with Gasteiger partial charge in [0.25, 0.3) is 0 Å². The summed E-state index contributed by atoms with van der Waals surface area (Å²) in [6, 6.07) is 7.85. The Morgan fingerprint density at radius 1 is 1.47 bits per heavy atom. The molecule has 1 aromatic rings. The van der Waals surface area contributed by atoms with E-state index in [9.17, 15) is 4.79 Å². The van der Waals surface area contributed by atoms with Crippen molar-refractivity contribution in [2.45, 2.75) is 6.92 Å². The normalized spacial score (nSPS) is 15.3. The molecule has 2 rings (SSSR count). The summed E-state index contributed by atoms with van der Waals surface area (Å²) in [6.07, 6.45) is -0.352. The van der Waals surface area contributed by atoms with Crippen molar-refractivity contribution in [2.24, 2.45) is 0 Å². The van der Waals surface area contributed by atoms with E-state index in [1.165, 1.54) is 5.01 Å². The Balaban J connectivity index is 1.90. The SMILES string of the molecule is Cc1cccc(NNN2CCOC2=O)c1. The van der Waals surface area contributed by atoms with Gasteiger partial charge in [0, 0.05) is 0 Å². The lowest BCUT2D eigenvalue weighted by atomic mass is 10.2. The number of nitrogens with one attached hydrogen (secondary N) is 2. The second-order valence-corrected chi connectivity index (χ2v) is 3.37. The Labute approximate surface area is 88.0 Å². The van der Waals surface area contributed by atoms with Crippen LogP contribution in [0.4, 0.5) is 10.5 Å². The van der Waals surface area contributed by atoms with E-state index in [0.717, 1.165) is 11.3 Å². The summed E-state index contributed by atoms with van der Waals surface area (Å²) in [5.41, 5.74) is 7.79. The number of hydrogen-bond donors (Lipinski definition) is 2. The molecular formula is C10H13N3O2. The molecule has 80 valence electrons. The first-order valence-electron chi connectivity index (χ1n) is 4.78. The van der Waals surface area contributed by atoms with Crippen molar-refractivity contribution in [3.63, 3.8) is 0 Å². The Kier molecular flexibility index (Phi) is 2.73. The molecule has 0 aromatic heterocycles. The van der Waals surface area contributed by atoms with Crippen LogP contribution < -0.4 is 11.0 Å². The van der Waals surface area contributed by atoms with Gasteiger partial charge < -0.3 is 10.2 Å². The van der Waals surface area contributed by atoms with Crippen molar-refractivity contribution in [3.8, 4) is 0 Å². The highest BCUT2D eigenvalue weighted by Gasteiger charge is 2.21. The van der Waals surface area contributed by atoms with E-state index in [4.69, 9.17) is 4.74 Å². The number of benzene rings is 1. The molecule has 0 unspecified atom stereocenters. The minimum absolute atomic E-state index is 0.352. The van der Waals surface area contributed by atoms with Gasteiger partial charge in [-0.25, -0.2) is 9.80 Å². The van der Waals surface area contributed by atoms with Crippen LogP contribution in [0.2, 0.25) is 0 Å². The third-order valence-electron chi connectivity index (χ3n) is 2.11. The number of rotatable bonds is 3. The molecule has 1 heterocycles. The van der Waals surface area contributed by atoms with Crippen LogP contribution in [0.5, 0.6) is 0 Å². The maximum atomic E-state index is 11.1. The van der Waals surface area contributed by atoms with Crippen molar-refractivity contribution in [3.05, 3.63) is 29.8 Å². The van der Waals surface area contributed by atoms with Gasteiger partial charge in [-0.15, -0.1) is 5.53 Å². The molecule has 15 heavy (non-hydrogen) atoms. The van der Waals surface area contributed by atoms with E-state index >= 15 is 0 Å². The second-order valence-electron chi connectivity index (χ2n) is 3.37. The van der Waals surface area contributed by atoms with E-state index in [1.807, 2.05) is 31.2 Å². The third-order valence-corrected chi connectivity index (χ3v) is 2.11. The first kappa shape index (κ1) is 9.79. The van der Waals surface area contributed by atoms with Gasteiger partial charge in [-0.05, 0) is 24.6 Å². The summed E-state index contributed by atoms with van der Waals surface area (Å²) in [6.45, 7) is 2.99. The molecule has 0 spiro atoms. The van der Waals surface area contributed by atoms with Crippen molar-refractivity contribution >= 4 is 11.8 Å². The van der Waals surface area contributed by atoms with Crippen LogP contribution in [-0.2, 0) is 4.74 Å². The van der Waals surface area contributed by atoms with E-state index in [2.05, 4.69) is 11.0 Å². The van der Waals surface area contributed by atoms with Crippen LogP contribution in [-0.4, -0.2) is 24.3 Å². The summed E-state index contributed by atoms with van der Waals surface area (Å²) in [5.74, 6) is 0. The molecule has 1 aliphatic heterocycles. The molecule has 1 aromatic carbocycles. The number of cyclic esters (lactones) is 1. The first-order chi connectivity index (χ1) is 7.25. The van der Waals surface area contributed by atoms with Gasteiger partial charge in [0.1, 0.15) is 6.61 Å². The number of carbonyl (C=O) groups excluding carboxylic acids is 1. The van der Waals surface area contributed by atoms with Crippen molar-refractivity contribution in [2.75, 3.05) is 18.6 Å². The number of hydrazine groups is 2. The number of aryl methyl sites for hydroxylation is 1. The fourth-order valence-electron chi connectivity index (χ4n) is 1.35. The van der Waals surface area contributed by atoms with E-state index in [0.29, 0.717) is 13.2 Å². The molecule has 0 saturated carbocycles. The van der Waals surface area contributed by atoms with Crippen LogP contribution in [0.25, 0.3) is 0 Å². The molecular weight excluding hydrogens is 194 g/mol. The monoisotopic (exact) mass is 207 g/mol. The van der Waals surface area contributed by atoms with Crippen molar-refractivity contribution in [1.29, 1.82) is 0 Å². The minimum Gasteiger partial charge on any atom is -0.446 e. The zero-order chi connectivity index (χ0) is 10.7. The second kappa shape index (κ2) is 4.18. The lowest BCUT2D eigenvalue weighted by Crippen LogP contribution is -2.42.